The topological polar surface area (TPSA) is 45.4 Å². The standard InChI is InChI=1S/C16H26N4O/c1-3-8-20-9-4-5-14(20)16-17-15(18-21-16)12-13-6-10-19(2)11-7-13/h3,13-14H,1,4-12H2,2H3/t14-/m0/s1. The van der Waals surface area contributed by atoms with Crippen molar-refractivity contribution in [2.75, 3.05) is 33.2 Å². The number of piperidine rings is 1. The number of rotatable bonds is 5. The predicted molar refractivity (Wildman–Crippen MR) is 82.0 cm³/mol. The summed E-state index contributed by atoms with van der Waals surface area (Å²) in [6.45, 7) is 8.20. The first-order valence-electron chi connectivity index (χ1n) is 8.12. The van der Waals surface area contributed by atoms with Crippen LogP contribution in [0, 0.1) is 5.92 Å². The normalized spacial score (nSPS) is 25.5. The Balaban J connectivity index is 1.59. The van der Waals surface area contributed by atoms with Crippen molar-refractivity contribution in [3.8, 4) is 0 Å². The second-order valence-electron chi connectivity index (χ2n) is 6.44. The zero-order valence-corrected chi connectivity index (χ0v) is 13.0. The van der Waals surface area contributed by atoms with Crippen molar-refractivity contribution in [2.45, 2.75) is 38.1 Å². The quantitative estimate of drug-likeness (QED) is 0.779. The third-order valence-electron chi connectivity index (χ3n) is 4.81. The molecule has 0 N–H and O–H groups in total. The molecule has 5 heteroatoms. The molecule has 0 amide bonds. The Morgan fingerprint density at radius 1 is 1.29 bits per heavy atom. The van der Waals surface area contributed by atoms with E-state index in [0.29, 0.717) is 12.0 Å². The Morgan fingerprint density at radius 2 is 2.10 bits per heavy atom. The molecular formula is C16H26N4O. The van der Waals surface area contributed by atoms with Crippen LogP contribution in [0.3, 0.4) is 0 Å². The summed E-state index contributed by atoms with van der Waals surface area (Å²) in [4.78, 5) is 9.44. The molecule has 116 valence electrons. The fraction of sp³-hybridized carbons (Fsp3) is 0.750. The van der Waals surface area contributed by atoms with Crippen molar-refractivity contribution in [3.63, 3.8) is 0 Å². The molecule has 0 saturated carbocycles. The zero-order chi connectivity index (χ0) is 14.7. The second-order valence-corrected chi connectivity index (χ2v) is 6.44. The molecular weight excluding hydrogens is 264 g/mol. The molecule has 2 aliphatic rings. The van der Waals surface area contributed by atoms with Gasteiger partial charge in [0, 0.05) is 13.0 Å². The minimum atomic E-state index is 0.293. The third kappa shape index (κ3) is 3.52. The lowest BCUT2D eigenvalue weighted by Gasteiger charge is -2.28. The highest BCUT2D eigenvalue weighted by Crippen LogP contribution is 2.31. The maximum absolute atomic E-state index is 5.54. The molecule has 3 heterocycles. The van der Waals surface area contributed by atoms with E-state index in [0.717, 1.165) is 37.6 Å². The van der Waals surface area contributed by atoms with Gasteiger partial charge >= 0.3 is 0 Å². The van der Waals surface area contributed by atoms with Crippen LogP contribution in [0.25, 0.3) is 0 Å². The van der Waals surface area contributed by atoms with Crippen molar-refractivity contribution in [2.24, 2.45) is 5.92 Å². The molecule has 0 aliphatic carbocycles. The van der Waals surface area contributed by atoms with E-state index in [2.05, 4.69) is 33.6 Å². The zero-order valence-electron chi connectivity index (χ0n) is 13.0. The lowest BCUT2D eigenvalue weighted by atomic mass is 9.94. The molecule has 2 fully saturated rings. The van der Waals surface area contributed by atoms with Gasteiger partial charge in [-0.05, 0) is 58.3 Å². The second kappa shape index (κ2) is 6.71. The van der Waals surface area contributed by atoms with Gasteiger partial charge in [-0.1, -0.05) is 11.2 Å². The van der Waals surface area contributed by atoms with Crippen molar-refractivity contribution < 1.29 is 4.52 Å². The Bertz CT molecular complexity index is 465. The highest BCUT2D eigenvalue weighted by atomic mass is 16.5. The molecule has 1 atom stereocenters. The predicted octanol–water partition coefficient (Wildman–Crippen LogP) is 2.28. The van der Waals surface area contributed by atoms with E-state index in [1.165, 1.54) is 32.4 Å². The smallest absolute Gasteiger partial charge is 0.244 e. The number of aromatic nitrogens is 2. The molecule has 0 unspecified atom stereocenters. The fourth-order valence-electron chi connectivity index (χ4n) is 3.50. The molecule has 0 spiro atoms. The van der Waals surface area contributed by atoms with Gasteiger partial charge in [0.05, 0.1) is 6.04 Å². The Labute approximate surface area is 127 Å². The van der Waals surface area contributed by atoms with Crippen molar-refractivity contribution >= 4 is 0 Å². The summed E-state index contributed by atoms with van der Waals surface area (Å²) < 4.78 is 5.54. The van der Waals surface area contributed by atoms with Gasteiger partial charge in [-0.25, -0.2) is 0 Å². The van der Waals surface area contributed by atoms with Crippen molar-refractivity contribution in [1.82, 2.24) is 19.9 Å². The molecule has 2 aliphatic heterocycles. The molecule has 2 saturated heterocycles. The first-order chi connectivity index (χ1) is 10.3. The first-order valence-corrected chi connectivity index (χ1v) is 8.12. The van der Waals surface area contributed by atoms with Crippen LogP contribution < -0.4 is 0 Å². The lowest BCUT2D eigenvalue weighted by Crippen LogP contribution is -2.31. The van der Waals surface area contributed by atoms with Crippen LogP contribution in [0.2, 0.25) is 0 Å². The molecule has 5 nitrogen and oxygen atoms in total. The largest absolute Gasteiger partial charge is 0.338 e. The van der Waals surface area contributed by atoms with E-state index in [1.54, 1.807) is 0 Å². The van der Waals surface area contributed by atoms with Gasteiger partial charge < -0.3 is 9.42 Å². The van der Waals surface area contributed by atoms with Gasteiger partial charge in [0.1, 0.15) is 0 Å². The van der Waals surface area contributed by atoms with Crippen LogP contribution in [0.1, 0.15) is 43.4 Å². The molecule has 21 heavy (non-hydrogen) atoms. The third-order valence-corrected chi connectivity index (χ3v) is 4.81. The van der Waals surface area contributed by atoms with Crippen LogP contribution in [0.15, 0.2) is 17.2 Å². The van der Waals surface area contributed by atoms with Crippen LogP contribution in [-0.4, -0.2) is 53.2 Å². The van der Waals surface area contributed by atoms with Gasteiger partial charge in [0.2, 0.25) is 5.89 Å². The van der Waals surface area contributed by atoms with E-state index in [9.17, 15) is 0 Å². The summed E-state index contributed by atoms with van der Waals surface area (Å²) in [7, 11) is 2.19. The summed E-state index contributed by atoms with van der Waals surface area (Å²) >= 11 is 0. The summed E-state index contributed by atoms with van der Waals surface area (Å²) in [5.74, 6) is 2.40. The Hall–Kier alpha value is -1.20. The number of likely N-dealkylation sites (tertiary alicyclic amines) is 2. The maximum atomic E-state index is 5.54. The van der Waals surface area contributed by atoms with E-state index < -0.39 is 0 Å². The molecule has 0 aromatic carbocycles. The van der Waals surface area contributed by atoms with Gasteiger partial charge in [-0.15, -0.1) is 6.58 Å². The van der Waals surface area contributed by atoms with Gasteiger partial charge in [-0.3, -0.25) is 4.90 Å². The Morgan fingerprint density at radius 3 is 2.86 bits per heavy atom. The van der Waals surface area contributed by atoms with E-state index >= 15 is 0 Å². The highest BCUT2D eigenvalue weighted by Gasteiger charge is 2.30. The minimum absolute atomic E-state index is 0.293. The van der Waals surface area contributed by atoms with Gasteiger partial charge in [0.25, 0.3) is 0 Å². The van der Waals surface area contributed by atoms with Crippen LogP contribution in [0.5, 0.6) is 0 Å². The summed E-state index contributed by atoms with van der Waals surface area (Å²) in [5, 5.41) is 4.22. The number of hydrogen-bond acceptors (Lipinski definition) is 5. The lowest BCUT2D eigenvalue weighted by molar-refractivity contribution is 0.215. The van der Waals surface area contributed by atoms with Gasteiger partial charge in [-0.2, -0.15) is 4.98 Å². The summed E-state index contributed by atoms with van der Waals surface area (Å²) in [6, 6.07) is 0.293. The van der Waals surface area contributed by atoms with Crippen molar-refractivity contribution in [1.29, 1.82) is 0 Å². The monoisotopic (exact) mass is 290 g/mol. The molecule has 0 bridgehead atoms. The van der Waals surface area contributed by atoms with E-state index in [-0.39, 0.29) is 0 Å². The minimum Gasteiger partial charge on any atom is -0.338 e. The maximum Gasteiger partial charge on any atom is 0.244 e. The summed E-state index contributed by atoms with van der Waals surface area (Å²) in [6.07, 6.45) is 7.72. The first kappa shape index (κ1) is 14.7. The molecule has 3 rings (SSSR count). The van der Waals surface area contributed by atoms with Crippen LogP contribution in [0.4, 0.5) is 0 Å². The van der Waals surface area contributed by atoms with Crippen LogP contribution >= 0.6 is 0 Å². The molecule has 1 aromatic rings. The SMILES string of the molecule is C=CCN1CCC[C@H]1c1nc(CC2CCN(C)CC2)no1. The number of hydrogen-bond donors (Lipinski definition) is 0. The molecule has 0 radical (unpaired) electrons. The van der Waals surface area contributed by atoms with Crippen LogP contribution in [-0.2, 0) is 6.42 Å². The van der Waals surface area contributed by atoms with Crippen molar-refractivity contribution in [3.05, 3.63) is 24.4 Å². The number of nitrogens with zero attached hydrogens (tertiary/aromatic N) is 4. The average molecular weight is 290 g/mol. The summed E-state index contributed by atoms with van der Waals surface area (Å²) in [5.41, 5.74) is 0. The van der Waals surface area contributed by atoms with Gasteiger partial charge in [0.15, 0.2) is 5.82 Å². The fourth-order valence-corrected chi connectivity index (χ4v) is 3.50. The van der Waals surface area contributed by atoms with E-state index in [1.807, 2.05) is 6.08 Å². The Kier molecular flexibility index (Phi) is 4.70. The van der Waals surface area contributed by atoms with E-state index in [4.69, 9.17) is 4.52 Å². The highest BCUT2D eigenvalue weighted by molar-refractivity contribution is 4.99. The molecule has 1 aromatic heterocycles. The average Bonchev–Trinajstić information content (AvgIpc) is 3.11.